The lowest BCUT2D eigenvalue weighted by atomic mass is 9.64. The summed E-state index contributed by atoms with van der Waals surface area (Å²) < 4.78 is 7.83. The number of rotatable bonds is 5. The fourth-order valence-electron chi connectivity index (χ4n) is 2.80. The number of hydrogen-bond acceptors (Lipinski definition) is 4. The van der Waals surface area contributed by atoms with Crippen LogP contribution in [0, 0.1) is 5.41 Å². The van der Waals surface area contributed by atoms with Crippen molar-refractivity contribution in [1.29, 1.82) is 0 Å². The molecule has 2 aromatic rings. The number of nitrogens with zero attached hydrogens (tertiary/aromatic N) is 2. The van der Waals surface area contributed by atoms with Gasteiger partial charge in [0.25, 0.3) is 0 Å². The average molecular weight is 279 g/mol. The smallest absolute Gasteiger partial charge is 0.193 e. The van der Waals surface area contributed by atoms with Crippen LogP contribution in [0.25, 0.3) is 4.96 Å². The lowest BCUT2D eigenvalue weighted by Crippen LogP contribution is -2.60. The van der Waals surface area contributed by atoms with Gasteiger partial charge in [0.2, 0.25) is 0 Å². The van der Waals surface area contributed by atoms with Gasteiger partial charge < -0.3 is 10.1 Å². The second-order valence-corrected chi connectivity index (χ2v) is 6.63. The van der Waals surface area contributed by atoms with E-state index in [4.69, 9.17) is 4.74 Å². The molecule has 4 nitrogen and oxygen atoms in total. The van der Waals surface area contributed by atoms with Crippen molar-refractivity contribution in [3.8, 4) is 0 Å². The molecule has 2 heterocycles. The van der Waals surface area contributed by atoms with E-state index in [1.165, 1.54) is 0 Å². The van der Waals surface area contributed by atoms with E-state index in [0.29, 0.717) is 12.1 Å². The molecule has 0 bridgehead atoms. The Balaban J connectivity index is 1.57. The predicted molar refractivity (Wildman–Crippen MR) is 77.5 cm³/mol. The lowest BCUT2D eigenvalue weighted by Gasteiger charge is -2.51. The van der Waals surface area contributed by atoms with Gasteiger partial charge in [0, 0.05) is 42.4 Å². The molecule has 2 atom stereocenters. The van der Waals surface area contributed by atoms with Crippen LogP contribution in [0.15, 0.2) is 17.8 Å². The quantitative estimate of drug-likeness (QED) is 0.914. The third-order valence-corrected chi connectivity index (χ3v) is 4.99. The number of fused-ring (bicyclic) bond motifs is 1. The van der Waals surface area contributed by atoms with Gasteiger partial charge in [-0.15, -0.1) is 11.3 Å². The van der Waals surface area contributed by atoms with Crippen molar-refractivity contribution in [2.45, 2.75) is 45.9 Å². The van der Waals surface area contributed by atoms with Gasteiger partial charge >= 0.3 is 0 Å². The predicted octanol–water partition coefficient (Wildman–Crippen LogP) is 2.69. The first kappa shape index (κ1) is 13.1. The minimum absolute atomic E-state index is 0.215. The third-order valence-electron chi connectivity index (χ3n) is 4.22. The Morgan fingerprint density at radius 1 is 1.58 bits per heavy atom. The minimum atomic E-state index is 0.215. The van der Waals surface area contributed by atoms with Crippen molar-refractivity contribution >= 4 is 16.3 Å². The van der Waals surface area contributed by atoms with Crippen LogP contribution in [0.1, 0.15) is 32.9 Å². The zero-order valence-electron chi connectivity index (χ0n) is 11.7. The molecule has 5 heteroatoms. The van der Waals surface area contributed by atoms with Gasteiger partial charge in [0.1, 0.15) is 0 Å². The van der Waals surface area contributed by atoms with Crippen molar-refractivity contribution < 1.29 is 4.74 Å². The number of imidazole rings is 1. The van der Waals surface area contributed by atoms with Gasteiger partial charge in [-0.05, 0) is 13.3 Å². The first-order chi connectivity index (χ1) is 9.11. The van der Waals surface area contributed by atoms with Gasteiger partial charge in [-0.2, -0.15) is 0 Å². The van der Waals surface area contributed by atoms with Crippen molar-refractivity contribution in [2.24, 2.45) is 5.41 Å². The fraction of sp³-hybridized carbons (Fsp3) is 0.643. The van der Waals surface area contributed by atoms with E-state index < -0.39 is 0 Å². The van der Waals surface area contributed by atoms with E-state index in [0.717, 1.165) is 30.2 Å². The number of hydrogen-bond donors (Lipinski definition) is 1. The molecule has 1 aliphatic carbocycles. The molecule has 0 spiro atoms. The molecule has 2 aromatic heterocycles. The van der Waals surface area contributed by atoms with Crippen molar-refractivity contribution in [2.75, 3.05) is 6.61 Å². The molecule has 0 saturated heterocycles. The topological polar surface area (TPSA) is 38.6 Å². The Bertz CT molecular complexity index is 531. The summed E-state index contributed by atoms with van der Waals surface area (Å²) in [6.07, 6.45) is 5.64. The number of thiazole rings is 1. The second-order valence-electron chi connectivity index (χ2n) is 5.76. The number of aromatic nitrogens is 2. The SMILES string of the molecule is CCOC1CC(NCc2cn3ccsc3n2)C1(C)C. The van der Waals surface area contributed by atoms with E-state index >= 15 is 0 Å². The monoisotopic (exact) mass is 279 g/mol. The highest BCUT2D eigenvalue weighted by Gasteiger charge is 2.48. The maximum Gasteiger partial charge on any atom is 0.193 e. The van der Waals surface area contributed by atoms with E-state index in [1.54, 1.807) is 11.3 Å². The summed E-state index contributed by atoms with van der Waals surface area (Å²) in [5, 5.41) is 5.67. The third kappa shape index (κ3) is 2.30. The van der Waals surface area contributed by atoms with Crippen LogP contribution in [0.3, 0.4) is 0 Å². The number of nitrogens with one attached hydrogen (secondary N) is 1. The van der Waals surface area contributed by atoms with Gasteiger partial charge in [-0.25, -0.2) is 4.98 Å². The highest BCUT2D eigenvalue weighted by atomic mass is 32.1. The molecule has 1 fully saturated rings. The summed E-state index contributed by atoms with van der Waals surface area (Å²) in [5.74, 6) is 0. The molecule has 1 N–H and O–H groups in total. The molecule has 1 aliphatic rings. The molecule has 104 valence electrons. The van der Waals surface area contributed by atoms with Crippen LogP contribution in [0.4, 0.5) is 0 Å². The van der Waals surface area contributed by atoms with Gasteiger partial charge in [-0.1, -0.05) is 13.8 Å². The first-order valence-corrected chi connectivity index (χ1v) is 7.75. The van der Waals surface area contributed by atoms with Crippen LogP contribution in [-0.2, 0) is 11.3 Å². The Labute approximate surface area is 117 Å². The Kier molecular flexibility index (Phi) is 3.37. The molecule has 1 saturated carbocycles. The van der Waals surface area contributed by atoms with Crippen LogP contribution in [0.2, 0.25) is 0 Å². The highest BCUT2D eigenvalue weighted by Crippen LogP contribution is 2.42. The molecular weight excluding hydrogens is 258 g/mol. The average Bonchev–Trinajstić information content (AvgIpc) is 2.93. The molecule has 0 amide bonds. The maximum absolute atomic E-state index is 5.75. The maximum atomic E-state index is 5.75. The van der Waals surface area contributed by atoms with E-state index in [-0.39, 0.29) is 5.41 Å². The standard InChI is InChI=1S/C14H21N3OS/c1-4-18-12-7-11(14(12,2)3)15-8-10-9-17-5-6-19-13(17)16-10/h5-6,9,11-12,15H,4,7-8H2,1-3H3. The van der Waals surface area contributed by atoms with E-state index in [1.807, 2.05) is 0 Å². The van der Waals surface area contributed by atoms with Gasteiger partial charge in [0.15, 0.2) is 4.96 Å². The van der Waals surface area contributed by atoms with E-state index in [2.05, 4.69) is 53.2 Å². The summed E-state index contributed by atoms with van der Waals surface area (Å²) in [6, 6.07) is 0.517. The van der Waals surface area contributed by atoms with Gasteiger partial charge in [0.05, 0.1) is 11.8 Å². The lowest BCUT2D eigenvalue weighted by molar-refractivity contribution is -0.114. The highest BCUT2D eigenvalue weighted by molar-refractivity contribution is 7.15. The van der Waals surface area contributed by atoms with Crippen molar-refractivity contribution in [3.05, 3.63) is 23.5 Å². The molecular formula is C14H21N3OS. The van der Waals surface area contributed by atoms with Crippen LogP contribution in [-0.4, -0.2) is 28.1 Å². The molecule has 0 aliphatic heterocycles. The molecule has 19 heavy (non-hydrogen) atoms. The minimum Gasteiger partial charge on any atom is -0.378 e. The molecule has 0 aromatic carbocycles. The van der Waals surface area contributed by atoms with Crippen LogP contribution in [0.5, 0.6) is 0 Å². The molecule has 2 unspecified atom stereocenters. The first-order valence-electron chi connectivity index (χ1n) is 6.87. The Morgan fingerprint density at radius 3 is 3.11 bits per heavy atom. The summed E-state index contributed by atoms with van der Waals surface area (Å²) in [7, 11) is 0. The Hall–Kier alpha value is -0.910. The zero-order chi connectivity index (χ0) is 13.5. The fourth-order valence-corrected chi connectivity index (χ4v) is 3.52. The normalized spacial score (nSPS) is 25.6. The van der Waals surface area contributed by atoms with Crippen LogP contribution < -0.4 is 5.32 Å². The summed E-state index contributed by atoms with van der Waals surface area (Å²) in [6.45, 7) is 8.26. The number of ether oxygens (including phenoxy) is 1. The second kappa shape index (κ2) is 4.89. The largest absolute Gasteiger partial charge is 0.378 e. The summed E-state index contributed by atoms with van der Waals surface area (Å²) >= 11 is 1.67. The molecule has 3 rings (SSSR count). The van der Waals surface area contributed by atoms with E-state index in [9.17, 15) is 0 Å². The summed E-state index contributed by atoms with van der Waals surface area (Å²) in [5.41, 5.74) is 1.33. The van der Waals surface area contributed by atoms with Crippen LogP contribution >= 0.6 is 11.3 Å². The van der Waals surface area contributed by atoms with Crippen molar-refractivity contribution in [3.63, 3.8) is 0 Å². The molecule has 0 radical (unpaired) electrons. The van der Waals surface area contributed by atoms with Gasteiger partial charge in [-0.3, -0.25) is 4.40 Å². The zero-order valence-corrected chi connectivity index (χ0v) is 12.5. The summed E-state index contributed by atoms with van der Waals surface area (Å²) in [4.78, 5) is 5.66. The van der Waals surface area contributed by atoms with Crippen molar-refractivity contribution in [1.82, 2.24) is 14.7 Å². The Morgan fingerprint density at radius 2 is 2.42 bits per heavy atom.